The fraction of sp³-hybridized carbons (Fsp3) is 0.429. The molecule has 1 saturated carbocycles. The third-order valence-corrected chi connectivity index (χ3v) is 9.16. The number of rotatable bonds is 12. The van der Waals surface area contributed by atoms with Crippen LogP contribution in [0.3, 0.4) is 0 Å². The number of likely N-dealkylation sites (tertiary alicyclic amines) is 1. The molecule has 2 aromatic heterocycles. The topological polar surface area (TPSA) is 144 Å². The Balaban J connectivity index is 1.30. The number of nitrogens with one attached hydrogen (secondary N) is 3. The molecule has 0 amide bonds. The molecule has 0 radical (unpaired) electrons. The maximum absolute atomic E-state index is 13.8. The number of halogens is 2. The number of nitrogens with zero attached hydrogens (tertiary/aromatic N) is 3. The van der Waals surface area contributed by atoms with Crippen molar-refractivity contribution in [2.45, 2.75) is 49.0 Å². The van der Waals surface area contributed by atoms with E-state index in [1.54, 1.807) is 29.2 Å². The van der Waals surface area contributed by atoms with Gasteiger partial charge in [0.1, 0.15) is 23.1 Å². The number of aromatic amines is 1. The number of methoxy groups -OCH3 is 3. The number of benzene rings is 2. The Morgan fingerprint density at radius 2 is 1.77 bits per heavy atom. The predicted octanol–water partition coefficient (Wildman–Crippen LogP) is 5.40. The fourth-order valence-electron chi connectivity index (χ4n) is 5.57. The Morgan fingerprint density at radius 1 is 1.05 bits per heavy atom. The summed E-state index contributed by atoms with van der Waals surface area (Å²) >= 11 is 0. The summed E-state index contributed by atoms with van der Waals surface area (Å²) in [7, 11) is -0.171. The van der Waals surface area contributed by atoms with Crippen LogP contribution in [0.4, 0.5) is 26.1 Å². The van der Waals surface area contributed by atoms with Crippen LogP contribution in [0.2, 0.25) is 0 Å². The number of aromatic nitrogens is 3. The minimum atomic E-state index is -4.34. The summed E-state index contributed by atoms with van der Waals surface area (Å²) in [6.45, 7) is 0.144. The third kappa shape index (κ3) is 5.78. The average molecular weight is 619 g/mol. The highest BCUT2D eigenvalue weighted by atomic mass is 32.2. The summed E-state index contributed by atoms with van der Waals surface area (Å²) in [4.78, 5) is 1.42. The first-order chi connectivity index (χ1) is 20.7. The van der Waals surface area contributed by atoms with Gasteiger partial charge in [-0.1, -0.05) is 5.16 Å². The Labute approximate surface area is 246 Å². The van der Waals surface area contributed by atoms with Gasteiger partial charge in [0.2, 0.25) is 0 Å². The Kier molecular flexibility index (Phi) is 7.77. The van der Waals surface area contributed by atoms with Gasteiger partial charge in [-0.15, -0.1) is 0 Å². The molecular weight excluding hydrogens is 586 g/mol. The molecular formula is C28H32F2N6O6S. The third-order valence-electron chi connectivity index (χ3n) is 7.76. The number of alkyl halides is 2. The highest BCUT2D eigenvalue weighted by Crippen LogP contribution is 2.43. The standard InChI is InChI=1S/C28H32F2N6O6S/c1-39-22-11-17-21(12-19(22)31-26-13-18(32-33-26)15-6-7-15)42-34-28(17)35-43(37,38)27-23(40-2)9-16(10-24(27)41-3)20-5-4-8-36(20)14-25(29)30/h9-13,15,20,25H,4-8,14H2,1-3H3,(H,34,35)(H2,31,32,33). The van der Waals surface area contributed by atoms with E-state index < -0.39 is 16.4 Å². The molecule has 3 N–H and O–H groups in total. The molecule has 4 aromatic rings. The summed E-state index contributed by atoms with van der Waals surface area (Å²) in [5.41, 5.74) is 2.49. The van der Waals surface area contributed by atoms with Crippen molar-refractivity contribution in [3.63, 3.8) is 0 Å². The van der Waals surface area contributed by atoms with Gasteiger partial charge in [0.05, 0.1) is 44.6 Å². The summed E-state index contributed by atoms with van der Waals surface area (Å²) in [6.07, 6.45) is 1.15. The summed E-state index contributed by atoms with van der Waals surface area (Å²) in [6, 6.07) is 7.99. The minimum absolute atomic E-state index is 0.00717. The van der Waals surface area contributed by atoms with Gasteiger partial charge in [-0.25, -0.2) is 17.2 Å². The van der Waals surface area contributed by atoms with Gasteiger partial charge in [0.15, 0.2) is 16.3 Å². The fourth-order valence-corrected chi connectivity index (χ4v) is 6.89. The van der Waals surface area contributed by atoms with Crippen LogP contribution in [0.25, 0.3) is 11.0 Å². The van der Waals surface area contributed by atoms with Gasteiger partial charge in [-0.3, -0.25) is 14.7 Å². The van der Waals surface area contributed by atoms with Gasteiger partial charge in [0, 0.05) is 24.1 Å². The van der Waals surface area contributed by atoms with Gasteiger partial charge in [-0.05, 0) is 56.0 Å². The smallest absolute Gasteiger partial charge is 0.270 e. The molecule has 0 bridgehead atoms. The molecule has 12 nitrogen and oxygen atoms in total. The molecule has 230 valence electrons. The molecule has 0 spiro atoms. The highest BCUT2D eigenvalue weighted by Gasteiger charge is 2.33. The lowest BCUT2D eigenvalue weighted by Crippen LogP contribution is -2.28. The quantitative estimate of drug-likeness (QED) is 0.189. The van der Waals surface area contributed by atoms with Crippen molar-refractivity contribution in [3.05, 3.63) is 41.6 Å². The van der Waals surface area contributed by atoms with Crippen LogP contribution in [0, 0.1) is 0 Å². The van der Waals surface area contributed by atoms with Gasteiger partial charge >= 0.3 is 0 Å². The molecule has 1 unspecified atom stereocenters. The molecule has 15 heteroatoms. The number of hydrogen-bond donors (Lipinski definition) is 3. The Bertz CT molecular complexity index is 1710. The maximum Gasteiger partial charge on any atom is 0.270 e. The van der Waals surface area contributed by atoms with E-state index in [2.05, 4.69) is 25.4 Å². The van der Waals surface area contributed by atoms with E-state index in [9.17, 15) is 17.2 Å². The lowest BCUT2D eigenvalue weighted by atomic mass is 10.0. The van der Waals surface area contributed by atoms with E-state index in [4.69, 9.17) is 18.7 Å². The number of fused-ring (bicyclic) bond motifs is 1. The second kappa shape index (κ2) is 11.5. The minimum Gasteiger partial charge on any atom is -0.495 e. The summed E-state index contributed by atoms with van der Waals surface area (Å²) < 4.78 is 78.3. The second-order valence-corrected chi connectivity index (χ2v) is 12.2. The molecule has 2 aromatic carbocycles. The first kappa shape index (κ1) is 29.0. The second-order valence-electron chi connectivity index (χ2n) is 10.6. The van der Waals surface area contributed by atoms with Gasteiger partial charge in [-0.2, -0.15) is 5.10 Å². The van der Waals surface area contributed by atoms with Crippen molar-refractivity contribution >= 4 is 38.3 Å². The van der Waals surface area contributed by atoms with Crippen molar-refractivity contribution in [2.75, 3.05) is 44.5 Å². The number of anilines is 3. The molecule has 3 heterocycles. The molecule has 1 aliphatic heterocycles. The van der Waals surface area contributed by atoms with Crippen LogP contribution in [0.1, 0.15) is 48.9 Å². The highest BCUT2D eigenvalue weighted by molar-refractivity contribution is 7.93. The van der Waals surface area contributed by atoms with Crippen molar-refractivity contribution < 1.29 is 35.9 Å². The molecule has 2 fully saturated rings. The first-order valence-corrected chi connectivity index (χ1v) is 15.3. The summed E-state index contributed by atoms with van der Waals surface area (Å²) in [5, 5.41) is 14.9. The molecule has 43 heavy (non-hydrogen) atoms. The molecule has 2 aliphatic rings. The zero-order chi connectivity index (χ0) is 30.3. The predicted molar refractivity (Wildman–Crippen MR) is 154 cm³/mol. The van der Waals surface area contributed by atoms with Gasteiger partial charge < -0.3 is 24.1 Å². The number of H-pyrrole nitrogens is 1. The van der Waals surface area contributed by atoms with E-state index >= 15 is 0 Å². The van der Waals surface area contributed by atoms with E-state index in [0.717, 1.165) is 25.0 Å². The molecule has 1 saturated heterocycles. The number of hydrogen-bond acceptors (Lipinski definition) is 10. The van der Waals surface area contributed by atoms with E-state index in [-0.39, 0.29) is 34.8 Å². The van der Waals surface area contributed by atoms with E-state index in [1.807, 2.05) is 6.07 Å². The van der Waals surface area contributed by atoms with Crippen LogP contribution < -0.4 is 24.2 Å². The van der Waals surface area contributed by atoms with Crippen molar-refractivity contribution in [3.8, 4) is 17.2 Å². The van der Waals surface area contributed by atoms with Crippen LogP contribution in [-0.4, -0.2) is 69.5 Å². The Morgan fingerprint density at radius 3 is 2.42 bits per heavy atom. The normalized spacial score (nSPS) is 17.5. The SMILES string of the molecule is COc1cc2c(NS(=O)(=O)c3c(OC)cc(C4CCCN4CC(F)F)cc3OC)noc2cc1Nc1cc(C2CC2)n[nH]1. The zero-order valence-electron chi connectivity index (χ0n) is 23.8. The van der Waals surface area contributed by atoms with E-state index in [1.165, 1.54) is 21.3 Å². The Hall–Kier alpha value is -4.11. The van der Waals surface area contributed by atoms with Crippen LogP contribution in [-0.2, 0) is 10.0 Å². The molecule has 6 rings (SSSR count). The molecule has 1 atom stereocenters. The van der Waals surface area contributed by atoms with Crippen molar-refractivity contribution in [1.29, 1.82) is 0 Å². The molecule has 1 aliphatic carbocycles. The van der Waals surface area contributed by atoms with Crippen molar-refractivity contribution in [1.82, 2.24) is 20.3 Å². The average Bonchev–Trinajstić information content (AvgIpc) is 3.36. The lowest BCUT2D eigenvalue weighted by molar-refractivity contribution is 0.0821. The largest absolute Gasteiger partial charge is 0.495 e. The first-order valence-electron chi connectivity index (χ1n) is 13.8. The van der Waals surface area contributed by atoms with E-state index in [0.29, 0.717) is 52.7 Å². The maximum atomic E-state index is 13.8. The van der Waals surface area contributed by atoms with Gasteiger partial charge in [0.25, 0.3) is 16.4 Å². The van der Waals surface area contributed by atoms with Crippen LogP contribution in [0.15, 0.2) is 39.8 Å². The summed E-state index contributed by atoms with van der Waals surface area (Å²) in [5.74, 6) is 1.53. The lowest BCUT2D eigenvalue weighted by Gasteiger charge is -2.26. The number of ether oxygens (including phenoxy) is 3. The monoisotopic (exact) mass is 618 g/mol. The van der Waals surface area contributed by atoms with Crippen molar-refractivity contribution in [2.24, 2.45) is 0 Å². The van der Waals surface area contributed by atoms with Crippen LogP contribution >= 0.6 is 0 Å². The van der Waals surface area contributed by atoms with Crippen LogP contribution in [0.5, 0.6) is 17.2 Å². The number of sulfonamides is 1. The zero-order valence-corrected chi connectivity index (χ0v) is 24.6.